The molecule has 0 radical (unpaired) electrons. The van der Waals surface area contributed by atoms with Crippen LogP contribution in [0.1, 0.15) is 25.7 Å². The Kier molecular flexibility index (Phi) is 5.58. The molecule has 5 heterocycles. The Hall–Kier alpha value is -2.94. The summed E-state index contributed by atoms with van der Waals surface area (Å²) in [6, 6.07) is 7.36. The molecule has 9 nitrogen and oxygen atoms in total. The molecular weight excluding hydrogens is 408 g/mol. The molecule has 2 amide bonds. The lowest BCUT2D eigenvalue weighted by atomic mass is 9.74. The smallest absolute Gasteiger partial charge is 0.227 e. The number of rotatable bonds is 5. The number of benzene rings is 1. The Bertz CT molecular complexity index is 999. The Labute approximate surface area is 187 Å². The number of carbonyl (C=O) groups is 2. The van der Waals surface area contributed by atoms with E-state index in [1.807, 2.05) is 21.8 Å². The van der Waals surface area contributed by atoms with Crippen LogP contribution in [0.5, 0.6) is 5.75 Å². The quantitative estimate of drug-likeness (QED) is 0.722. The molecule has 2 aromatic rings. The summed E-state index contributed by atoms with van der Waals surface area (Å²) < 4.78 is 1.87. The van der Waals surface area contributed by atoms with Gasteiger partial charge in [-0.1, -0.05) is 17.3 Å². The third-order valence-corrected chi connectivity index (χ3v) is 7.48. The Morgan fingerprint density at radius 1 is 1.16 bits per heavy atom. The van der Waals surface area contributed by atoms with Crippen molar-refractivity contribution in [2.45, 2.75) is 38.3 Å². The second-order valence-corrected chi connectivity index (χ2v) is 9.42. The van der Waals surface area contributed by atoms with E-state index in [1.54, 1.807) is 18.2 Å². The fourth-order valence-corrected chi connectivity index (χ4v) is 5.63. The summed E-state index contributed by atoms with van der Waals surface area (Å²) in [4.78, 5) is 29.0. The molecule has 2 bridgehead atoms. The molecular formula is C23H30N6O3. The summed E-state index contributed by atoms with van der Waals surface area (Å²) in [5.41, 5.74) is 7.01. The Balaban J connectivity index is 1.20. The zero-order valence-electron chi connectivity index (χ0n) is 18.1. The molecule has 3 N–H and O–H groups in total. The van der Waals surface area contributed by atoms with E-state index in [0.29, 0.717) is 37.9 Å². The van der Waals surface area contributed by atoms with Crippen LogP contribution in [0.25, 0.3) is 11.3 Å². The minimum atomic E-state index is -0.247. The van der Waals surface area contributed by atoms with Crippen molar-refractivity contribution in [1.29, 1.82) is 0 Å². The zero-order valence-corrected chi connectivity index (χ0v) is 18.1. The van der Waals surface area contributed by atoms with Crippen molar-refractivity contribution >= 4 is 11.8 Å². The van der Waals surface area contributed by atoms with Gasteiger partial charge in [-0.25, -0.2) is 0 Å². The van der Waals surface area contributed by atoms with Gasteiger partial charge in [0.25, 0.3) is 0 Å². The predicted molar refractivity (Wildman–Crippen MR) is 117 cm³/mol. The molecule has 4 fully saturated rings. The van der Waals surface area contributed by atoms with Gasteiger partial charge in [-0.3, -0.25) is 19.2 Å². The third kappa shape index (κ3) is 4.09. The first-order valence-electron chi connectivity index (χ1n) is 11.5. The van der Waals surface area contributed by atoms with Crippen molar-refractivity contribution in [2.75, 3.05) is 26.2 Å². The molecule has 1 unspecified atom stereocenters. The van der Waals surface area contributed by atoms with Crippen molar-refractivity contribution in [2.24, 2.45) is 23.5 Å². The highest BCUT2D eigenvalue weighted by molar-refractivity contribution is 5.81. The summed E-state index contributed by atoms with van der Waals surface area (Å²) in [5, 5.41) is 18.3. The van der Waals surface area contributed by atoms with Crippen LogP contribution in [0.2, 0.25) is 0 Å². The number of aromatic nitrogens is 3. The monoisotopic (exact) mass is 438 g/mol. The third-order valence-electron chi connectivity index (χ3n) is 7.48. The standard InChI is InChI=1S/C23H30N6O3/c24-22(31)15-4-7-27(8-5-15)23(32)20-13-28-9-6-16(20)10-18(28)12-29-14-21(25-26-29)17-2-1-3-19(30)11-17/h1-3,11,14-16,18,20,30H,4-10,12-13H2,(H2,24,31)/t16-,18+,20-/m0/s1. The van der Waals surface area contributed by atoms with E-state index in [4.69, 9.17) is 5.73 Å². The highest BCUT2D eigenvalue weighted by atomic mass is 16.3. The maximum absolute atomic E-state index is 13.2. The molecule has 4 aliphatic heterocycles. The van der Waals surface area contributed by atoms with E-state index >= 15 is 0 Å². The van der Waals surface area contributed by atoms with Crippen LogP contribution >= 0.6 is 0 Å². The number of hydrogen-bond acceptors (Lipinski definition) is 6. The van der Waals surface area contributed by atoms with Crippen LogP contribution in [0.4, 0.5) is 0 Å². The summed E-state index contributed by atoms with van der Waals surface area (Å²) in [5.74, 6) is 0.546. The number of primary amides is 1. The Morgan fingerprint density at radius 3 is 2.66 bits per heavy atom. The Morgan fingerprint density at radius 2 is 1.97 bits per heavy atom. The molecule has 4 atom stereocenters. The average Bonchev–Trinajstić information content (AvgIpc) is 3.27. The summed E-state index contributed by atoms with van der Waals surface area (Å²) in [6.07, 6.45) is 5.31. The number of nitrogens with two attached hydrogens (primary N) is 1. The minimum absolute atomic E-state index is 0.0451. The van der Waals surface area contributed by atoms with Crippen LogP contribution in [0.15, 0.2) is 30.5 Å². The largest absolute Gasteiger partial charge is 0.508 e. The van der Waals surface area contributed by atoms with Gasteiger partial charge in [0.05, 0.1) is 18.7 Å². The molecule has 170 valence electrons. The number of fused-ring (bicyclic) bond motifs is 3. The van der Waals surface area contributed by atoms with Gasteiger partial charge in [0.2, 0.25) is 11.8 Å². The van der Waals surface area contributed by atoms with E-state index < -0.39 is 0 Å². The second-order valence-electron chi connectivity index (χ2n) is 9.42. The van der Waals surface area contributed by atoms with Crippen LogP contribution in [0.3, 0.4) is 0 Å². The molecule has 0 spiro atoms. The van der Waals surface area contributed by atoms with E-state index in [9.17, 15) is 14.7 Å². The highest BCUT2D eigenvalue weighted by Gasteiger charge is 2.45. The van der Waals surface area contributed by atoms with Crippen molar-refractivity contribution in [1.82, 2.24) is 24.8 Å². The molecule has 1 aromatic carbocycles. The molecule has 4 aliphatic rings. The zero-order chi connectivity index (χ0) is 22.2. The summed E-state index contributed by atoms with van der Waals surface area (Å²) in [6.45, 7) is 3.81. The number of amides is 2. The lowest BCUT2D eigenvalue weighted by molar-refractivity contribution is -0.146. The van der Waals surface area contributed by atoms with Gasteiger partial charge in [-0.2, -0.15) is 0 Å². The van der Waals surface area contributed by atoms with E-state index in [2.05, 4.69) is 15.2 Å². The number of phenolic OH excluding ortho intramolecular Hbond substituents is 1. The molecule has 32 heavy (non-hydrogen) atoms. The van der Waals surface area contributed by atoms with Gasteiger partial charge >= 0.3 is 0 Å². The minimum Gasteiger partial charge on any atom is -0.508 e. The van der Waals surface area contributed by atoms with Crippen LogP contribution in [-0.2, 0) is 16.1 Å². The summed E-state index contributed by atoms with van der Waals surface area (Å²) >= 11 is 0. The number of piperidine rings is 4. The fraction of sp³-hybridized carbons (Fsp3) is 0.565. The normalized spacial score (nSPS) is 28.1. The first-order chi connectivity index (χ1) is 15.5. The van der Waals surface area contributed by atoms with Gasteiger partial charge in [-0.05, 0) is 50.3 Å². The van der Waals surface area contributed by atoms with Crippen molar-refractivity contribution in [3.05, 3.63) is 30.5 Å². The molecule has 1 aromatic heterocycles. The number of hydrogen-bond donors (Lipinski definition) is 2. The lowest BCUT2D eigenvalue weighted by Crippen LogP contribution is -2.59. The van der Waals surface area contributed by atoms with Gasteiger partial charge in [-0.15, -0.1) is 5.10 Å². The molecule has 0 saturated carbocycles. The first-order valence-corrected chi connectivity index (χ1v) is 11.5. The van der Waals surface area contributed by atoms with Crippen molar-refractivity contribution < 1.29 is 14.7 Å². The maximum Gasteiger partial charge on any atom is 0.227 e. The topological polar surface area (TPSA) is 118 Å². The van der Waals surface area contributed by atoms with Crippen LogP contribution < -0.4 is 5.73 Å². The van der Waals surface area contributed by atoms with E-state index in [-0.39, 0.29) is 29.4 Å². The average molecular weight is 439 g/mol. The van der Waals surface area contributed by atoms with Crippen molar-refractivity contribution in [3.8, 4) is 17.0 Å². The molecule has 0 aliphatic carbocycles. The predicted octanol–water partition coefficient (Wildman–Crippen LogP) is 1.08. The van der Waals surface area contributed by atoms with Gasteiger partial charge in [0.1, 0.15) is 11.4 Å². The van der Waals surface area contributed by atoms with Crippen LogP contribution in [-0.4, -0.2) is 73.9 Å². The van der Waals surface area contributed by atoms with E-state index in [1.165, 1.54) is 0 Å². The highest BCUT2D eigenvalue weighted by Crippen LogP contribution is 2.38. The van der Waals surface area contributed by atoms with Gasteiger partial charge in [0.15, 0.2) is 0 Å². The number of aromatic hydroxyl groups is 1. The van der Waals surface area contributed by atoms with Gasteiger partial charge in [0, 0.05) is 37.2 Å². The van der Waals surface area contributed by atoms with E-state index in [0.717, 1.165) is 43.7 Å². The number of phenols is 1. The molecule has 4 saturated heterocycles. The second kappa shape index (κ2) is 8.54. The van der Waals surface area contributed by atoms with Gasteiger partial charge < -0.3 is 15.7 Å². The van der Waals surface area contributed by atoms with Crippen molar-refractivity contribution in [3.63, 3.8) is 0 Å². The number of carbonyl (C=O) groups excluding carboxylic acids is 2. The first kappa shape index (κ1) is 20.9. The summed E-state index contributed by atoms with van der Waals surface area (Å²) in [7, 11) is 0. The number of nitrogens with zero attached hydrogens (tertiary/aromatic N) is 5. The molecule has 9 heteroatoms. The lowest BCUT2D eigenvalue weighted by Gasteiger charge is -2.50. The SMILES string of the molecule is NC(=O)C1CCN(C(=O)[C@H]2CN3CC[C@H]2C[C@@H]3Cn2cc(-c3cccc(O)c3)nn2)CC1. The number of likely N-dealkylation sites (tertiary alicyclic amines) is 1. The fourth-order valence-electron chi connectivity index (χ4n) is 5.63. The van der Waals surface area contributed by atoms with Crippen LogP contribution in [0, 0.1) is 17.8 Å². The maximum atomic E-state index is 13.2. The molecule has 6 rings (SSSR count).